The first kappa shape index (κ1) is 21.9. The van der Waals surface area contributed by atoms with E-state index in [9.17, 15) is 22.4 Å². The number of rotatable bonds is 7. The van der Waals surface area contributed by atoms with Crippen molar-refractivity contribution in [2.24, 2.45) is 0 Å². The van der Waals surface area contributed by atoms with Crippen LogP contribution in [0, 0.1) is 0 Å². The Balaban J connectivity index is 1.99. The molecule has 3 heterocycles. The highest BCUT2D eigenvalue weighted by molar-refractivity contribution is 5.89. The molecule has 3 rings (SSSR count). The van der Waals surface area contributed by atoms with Crippen LogP contribution in [0.4, 0.5) is 34.9 Å². The molecule has 3 aromatic heterocycles. The van der Waals surface area contributed by atoms with E-state index in [0.717, 1.165) is 6.20 Å². The van der Waals surface area contributed by atoms with E-state index in [1.165, 1.54) is 43.6 Å². The quantitative estimate of drug-likeness (QED) is 0.531. The largest absolute Gasteiger partial charge is 0.433 e. The molecule has 31 heavy (non-hydrogen) atoms. The molecule has 8 nitrogen and oxygen atoms in total. The SMILES string of the molecule is CC(=O)Nc1cc(Nc2ccnc(C(C)(F)F)n2)c(-c2ccc(OC(F)F)cn2)cn1. The van der Waals surface area contributed by atoms with Crippen molar-refractivity contribution in [2.75, 3.05) is 10.6 Å². The third kappa shape index (κ3) is 5.84. The molecule has 0 saturated carbocycles. The van der Waals surface area contributed by atoms with Crippen LogP contribution in [-0.2, 0) is 10.7 Å². The maximum absolute atomic E-state index is 13.6. The Hall–Kier alpha value is -3.83. The standard InChI is InChI=1S/C19H16F4N6O2/c1-10(30)27-16-7-14(28-15-5-6-24-17(29-15)19(2,22)23)12(9-26-16)13-4-3-11(8-25-13)31-18(20)21/h3-9,18H,1-2H3,(H2,24,26,27,28,29,30). The van der Waals surface area contributed by atoms with Gasteiger partial charge in [-0.25, -0.2) is 15.0 Å². The molecule has 0 aliphatic heterocycles. The molecule has 0 aliphatic rings. The van der Waals surface area contributed by atoms with Crippen molar-refractivity contribution in [2.45, 2.75) is 26.4 Å². The Morgan fingerprint density at radius 2 is 1.87 bits per heavy atom. The summed E-state index contributed by atoms with van der Waals surface area (Å²) in [6, 6.07) is 5.54. The average Bonchev–Trinajstić information content (AvgIpc) is 2.68. The predicted octanol–water partition coefficient (Wildman–Crippen LogP) is 4.35. The Morgan fingerprint density at radius 1 is 1.10 bits per heavy atom. The summed E-state index contributed by atoms with van der Waals surface area (Å²) in [4.78, 5) is 26.9. The molecule has 0 fully saturated rings. The van der Waals surface area contributed by atoms with E-state index in [1.807, 2.05) is 0 Å². The number of ether oxygens (including phenoxy) is 1. The second-order valence-electron chi connectivity index (χ2n) is 6.33. The van der Waals surface area contributed by atoms with Gasteiger partial charge in [-0.2, -0.15) is 17.6 Å². The predicted molar refractivity (Wildman–Crippen MR) is 103 cm³/mol. The van der Waals surface area contributed by atoms with Gasteiger partial charge in [0.05, 0.1) is 17.6 Å². The molecule has 2 N–H and O–H groups in total. The van der Waals surface area contributed by atoms with Crippen molar-refractivity contribution in [1.29, 1.82) is 0 Å². The van der Waals surface area contributed by atoms with Crippen LogP contribution in [0.15, 0.2) is 42.9 Å². The molecule has 0 radical (unpaired) electrons. The van der Waals surface area contributed by atoms with E-state index >= 15 is 0 Å². The number of amides is 1. The number of nitrogens with zero attached hydrogens (tertiary/aromatic N) is 4. The molecular formula is C19H16F4N6O2. The zero-order valence-electron chi connectivity index (χ0n) is 16.2. The topological polar surface area (TPSA) is 102 Å². The maximum atomic E-state index is 13.6. The smallest absolute Gasteiger partial charge is 0.387 e. The molecule has 0 spiro atoms. The van der Waals surface area contributed by atoms with Crippen molar-refractivity contribution in [3.05, 3.63) is 48.7 Å². The highest BCUT2D eigenvalue weighted by Gasteiger charge is 2.28. The first-order valence-corrected chi connectivity index (χ1v) is 8.79. The normalized spacial score (nSPS) is 11.3. The zero-order chi connectivity index (χ0) is 22.6. The van der Waals surface area contributed by atoms with E-state index in [4.69, 9.17) is 0 Å². The minimum Gasteiger partial charge on any atom is -0.433 e. The molecule has 0 atom stereocenters. The molecule has 12 heteroatoms. The molecule has 1 amide bonds. The summed E-state index contributed by atoms with van der Waals surface area (Å²) in [5.41, 5.74) is 1.03. The lowest BCUT2D eigenvalue weighted by atomic mass is 10.1. The molecule has 0 bridgehead atoms. The number of pyridine rings is 2. The molecule has 162 valence electrons. The van der Waals surface area contributed by atoms with Crippen molar-refractivity contribution >= 4 is 23.2 Å². The second-order valence-corrected chi connectivity index (χ2v) is 6.33. The van der Waals surface area contributed by atoms with E-state index in [0.29, 0.717) is 23.9 Å². The van der Waals surface area contributed by atoms with Gasteiger partial charge in [-0.15, -0.1) is 0 Å². The van der Waals surface area contributed by atoms with Gasteiger partial charge in [-0.1, -0.05) is 0 Å². The number of aromatic nitrogens is 4. The van der Waals surface area contributed by atoms with Crippen molar-refractivity contribution < 1.29 is 27.1 Å². The van der Waals surface area contributed by atoms with Crippen LogP contribution in [0.5, 0.6) is 5.75 Å². The summed E-state index contributed by atoms with van der Waals surface area (Å²) >= 11 is 0. The molecule has 0 aromatic carbocycles. The maximum Gasteiger partial charge on any atom is 0.387 e. The van der Waals surface area contributed by atoms with Gasteiger partial charge in [-0.05, 0) is 18.2 Å². The number of halogens is 4. The fourth-order valence-corrected chi connectivity index (χ4v) is 2.50. The summed E-state index contributed by atoms with van der Waals surface area (Å²) in [7, 11) is 0. The van der Waals surface area contributed by atoms with Crippen molar-refractivity contribution in [3.63, 3.8) is 0 Å². The highest BCUT2D eigenvalue weighted by atomic mass is 19.3. The number of hydrogen-bond donors (Lipinski definition) is 2. The van der Waals surface area contributed by atoms with Gasteiger partial charge < -0.3 is 15.4 Å². The monoisotopic (exact) mass is 436 g/mol. The van der Waals surface area contributed by atoms with Gasteiger partial charge in [0.15, 0.2) is 0 Å². The van der Waals surface area contributed by atoms with Crippen molar-refractivity contribution in [1.82, 2.24) is 19.9 Å². The van der Waals surface area contributed by atoms with Crippen LogP contribution in [0.3, 0.4) is 0 Å². The number of nitrogens with one attached hydrogen (secondary N) is 2. The van der Waals surface area contributed by atoms with Gasteiger partial charge in [0.2, 0.25) is 11.7 Å². The van der Waals surface area contributed by atoms with Crippen LogP contribution < -0.4 is 15.4 Å². The first-order valence-electron chi connectivity index (χ1n) is 8.79. The molecular weight excluding hydrogens is 420 g/mol. The van der Waals surface area contributed by atoms with E-state index in [2.05, 4.69) is 35.3 Å². The van der Waals surface area contributed by atoms with Crippen LogP contribution in [0.1, 0.15) is 19.7 Å². The van der Waals surface area contributed by atoms with E-state index in [1.54, 1.807) is 0 Å². The number of anilines is 3. The lowest BCUT2D eigenvalue weighted by molar-refractivity contribution is -0.114. The van der Waals surface area contributed by atoms with Crippen LogP contribution in [0.25, 0.3) is 11.3 Å². The summed E-state index contributed by atoms with van der Waals surface area (Å²) in [5.74, 6) is -4.18. The summed E-state index contributed by atoms with van der Waals surface area (Å²) < 4.78 is 56.1. The summed E-state index contributed by atoms with van der Waals surface area (Å²) in [6.45, 7) is -1.02. The molecule has 0 aliphatic carbocycles. The average molecular weight is 436 g/mol. The molecule has 0 saturated heterocycles. The zero-order valence-corrected chi connectivity index (χ0v) is 16.2. The number of carbonyl (C=O) groups is 1. The molecule has 0 unspecified atom stereocenters. The lowest BCUT2D eigenvalue weighted by Gasteiger charge is -2.15. The second kappa shape index (κ2) is 8.90. The van der Waals surface area contributed by atoms with Crippen LogP contribution in [0.2, 0.25) is 0 Å². The fraction of sp³-hybridized carbons (Fsp3) is 0.211. The number of hydrogen-bond acceptors (Lipinski definition) is 7. The van der Waals surface area contributed by atoms with Gasteiger partial charge in [0.25, 0.3) is 0 Å². The minimum absolute atomic E-state index is 0.0606. The number of carbonyl (C=O) groups excluding carboxylic acids is 1. The number of alkyl halides is 4. The lowest BCUT2D eigenvalue weighted by Crippen LogP contribution is -2.13. The highest BCUT2D eigenvalue weighted by Crippen LogP contribution is 2.32. The van der Waals surface area contributed by atoms with Gasteiger partial charge in [0, 0.05) is 37.9 Å². The third-order valence-electron chi connectivity index (χ3n) is 3.76. The molecule has 3 aromatic rings. The third-order valence-corrected chi connectivity index (χ3v) is 3.76. The van der Waals surface area contributed by atoms with Crippen molar-refractivity contribution in [3.8, 4) is 17.0 Å². The Kier molecular flexibility index (Phi) is 6.28. The Bertz CT molecular complexity index is 1070. The van der Waals surface area contributed by atoms with E-state index < -0.39 is 18.4 Å². The minimum atomic E-state index is -3.25. The van der Waals surface area contributed by atoms with Crippen LogP contribution in [-0.4, -0.2) is 32.5 Å². The van der Waals surface area contributed by atoms with Gasteiger partial charge >= 0.3 is 12.5 Å². The Morgan fingerprint density at radius 3 is 2.48 bits per heavy atom. The van der Waals surface area contributed by atoms with Gasteiger partial charge in [0.1, 0.15) is 17.4 Å². The van der Waals surface area contributed by atoms with Crippen LogP contribution >= 0.6 is 0 Å². The summed E-state index contributed by atoms with van der Waals surface area (Å²) in [5, 5.41) is 5.39. The van der Waals surface area contributed by atoms with E-state index in [-0.39, 0.29) is 23.3 Å². The first-order chi connectivity index (χ1) is 14.6. The van der Waals surface area contributed by atoms with Gasteiger partial charge in [-0.3, -0.25) is 9.78 Å². The fourth-order valence-electron chi connectivity index (χ4n) is 2.50. The summed E-state index contributed by atoms with van der Waals surface area (Å²) in [6.07, 6.45) is 3.65. The Labute approximate surface area is 173 Å².